The summed E-state index contributed by atoms with van der Waals surface area (Å²) in [6.45, 7) is 3.92. The molecular weight excluding hydrogens is 266 g/mol. The molecule has 1 aromatic carbocycles. The van der Waals surface area contributed by atoms with E-state index < -0.39 is 5.60 Å². The van der Waals surface area contributed by atoms with E-state index in [4.69, 9.17) is 21.1 Å². The third-order valence-corrected chi connectivity index (χ3v) is 3.62. The van der Waals surface area contributed by atoms with Crippen LogP contribution < -0.4 is 10.1 Å². The van der Waals surface area contributed by atoms with Crippen LogP contribution in [-0.2, 0) is 10.3 Å². The minimum Gasteiger partial charge on any atom is -0.496 e. The van der Waals surface area contributed by atoms with Crippen molar-refractivity contribution in [1.29, 1.82) is 0 Å². The van der Waals surface area contributed by atoms with Gasteiger partial charge in [-0.25, -0.2) is 0 Å². The standard InChI is InChI=1S/C14H20ClNO3/c1-14(17,8-11-9-19-6-5-16-11)12-7-10(15)3-4-13(12)18-2/h3-4,7,11,16-17H,5-6,8-9H2,1-2H3. The molecule has 1 aliphatic rings. The summed E-state index contributed by atoms with van der Waals surface area (Å²) in [5.41, 5.74) is -0.316. The molecule has 0 saturated carbocycles. The molecule has 2 atom stereocenters. The fourth-order valence-electron chi connectivity index (χ4n) is 2.44. The highest BCUT2D eigenvalue weighted by Crippen LogP contribution is 2.35. The van der Waals surface area contributed by atoms with Crippen molar-refractivity contribution in [2.75, 3.05) is 26.9 Å². The molecule has 19 heavy (non-hydrogen) atoms. The van der Waals surface area contributed by atoms with Gasteiger partial charge in [0.15, 0.2) is 0 Å². The average molecular weight is 286 g/mol. The van der Waals surface area contributed by atoms with Crippen LogP contribution in [0.25, 0.3) is 0 Å². The topological polar surface area (TPSA) is 50.7 Å². The Bertz CT molecular complexity index is 431. The number of hydrogen-bond acceptors (Lipinski definition) is 4. The molecule has 0 aromatic heterocycles. The summed E-state index contributed by atoms with van der Waals surface area (Å²) in [5, 5.41) is 14.7. The second-order valence-corrected chi connectivity index (χ2v) is 5.48. The monoisotopic (exact) mass is 285 g/mol. The fourth-order valence-corrected chi connectivity index (χ4v) is 2.61. The molecule has 2 N–H and O–H groups in total. The highest BCUT2D eigenvalue weighted by molar-refractivity contribution is 6.30. The second kappa shape index (κ2) is 6.09. The molecule has 0 radical (unpaired) electrons. The Kier molecular flexibility index (Phi) is 4.68. The minimum atomic E-state index is -1.02. The first-order chi connectivity index (χ1) is 9.03. The van der Waals surface area contributed by atoms with Gasteiger partial charge in [-0.05, 0) is 31.5 Å². The molecule has 1 fully saturated rings. The predicted molar refractivity (Wildman–Crippen MR) is 74.8 cm³/mol. The summed E-state index contributed by atoms with van der Waals surface area (Å²) in [4.78, 5) is 0. The zero-order valence-corrected chi connectivity index (χ0v) is 12.0. The van der Waals surface area contributed by atoms with Crippen LogP contribution in [0.2, 0.25) is 5.02 Å². The van der Waals surface area contributed by atoms with E-state index in [1.807, 2.05) is 0 Å². The van der Waals surface area contributed by atoms with Crippen LogP contribution in [-0.4, -0.2) is 38.0 Å². The quantitative estimate of drug-likeness (QED) is 0.888. The number of hydrogen-bond donors (Lipinski definition) is 2. The van der Waals surface area contributed by atoms with E-state index in [1.54, 1.807) is 32.2 Å². The van der Waals surface area contributed by atoms with E-state index in [9.17, 15) is 5.11 Å². The maximum Gasteiger partial charge on any atom is 0.125 e. The zero-order valence-electron chi connectivity index (χ0n) is 11.3. The summed E-state index contributed by atoms with van der Waals surface area (Å²) < 4.78 is 10.7. The molecule has 1 saturated heterocycles. The lowest BCUT2D eigenvalue weighted by Gasteiger charge is -2.32. The summed E-state index contributed by atoms with van der Waals surface area (Å²) in [6, 6.07) is 5.41. The first-order valence-corrected chi connectivity index (χ1v) is 6.78. The fraction of sp³-hybridized carbons (Fsp3) is 0.571. The third kappa shape index (κ3) is 3.60. The Balaban J connectivity index is 2.19. The number of methoxy groups -OCH3 is 1. The van der Waals surface area contributed by atoms with E-state index in [-0.39, 0.29) is 6.04 Å². The van der Waals surface area contributed by atoms with Crippen molar-refractivity contribution in [1.82, 2.24) is 5.32 Å². The molecular formula is C14H20ClNO3. The van der Waals surface area contributed by atoms with E-state index in [1.165, 1.54) is 0 Å². The van der Waals surface area contributed by atoms with Gasteiger partial charge in [-0.2, -0.15) is 0 Å². The van der Waals surface area contributed by atoms with Crippen molar-refractivity contribution in [3.8, 4) is 5.75 Å². The molecule has 2 rings (SSSR count). The Morgan fingerprint density at radius 2 is 2.37 bits per heavy atom. The molecule has 4 nitrogen and oxygen atoms in total. The minimum absolute atomic E-state index is 0.132. The lowest BCUT2D eigenvalue weighted by Crippen LogP contribution is -2.45. The van der Waals surface area contributed by atoms with Crippen molar-refractivity contribution < 1.29 is 14.6 Å². The van der Waals surface area contributed by atoms with Gasteiger partial charge in [-0.1, -0.05) is 11.6 Å². The lowest BCUT2D eigenvalue weighted by molar-refractivity contribution is 0.00190. The highest BCUT2D eigenvalue weighted by atomic mass is 35.5. The van der Waals surface area contributed by atoms with E-state index in [2.05, 4.69) is 5.32 Å². The van der Waals surface area contributed by atoms with Gasteiger partial charge >= 0.3 is 0 Å². The molecule has 0 aliphatic carbocycles. The SMILES string of the molecule is COc1ccc(Cl)cc1C(C)(O)CC1COCCN1. The van der Waals surface area contributed by atoms with Crippen LogP contribution in [0.4, 0.5) is 0 Å². The zero-order chi connectivity index (χ0) is 13.9. The van der Waals surface area contributed by atoms with Crippen molar-refractivity contribution in [2.24, 2.45) is 0 Å². The largest absolute Gasteiger partial charge is 0.496 e. The number of rotatable bonds is 4. The molecule has 106 valence electrons. The van der Waals surface area contributed by atoms with Crippen molar-refractivity contribution >= 4 is 11.6 Å². The average Bonchev–Trinajstić information content (AvgIpc) is 2.39. The molecule has 0 amide bonds. The van der Waals surface area contributed by atoms with Gasteiger partial charge in [0.05, 0.1) is 25.9 Å². The number of benzene rings is 1. The van der Waals surface area contributed by atoms with Gasteiger partial charge in [0.2, 0.25) is 0 Å². The van der Waals surface area contributed by atoms with E-state index in [0.29, 0.717) is 29.4 Å². The highest BCUT2D eigenvalue weighted by Gasteiger charge is 2.31. The molecule has 0 bridgehead atoms. The number of halogens is 1. The third-order valence-electron chi connectivity index (χ3n) is 3.38. The maximum atomic E-state index is 10.7. The van der Waals surface area contributed by atoms with Gasteiger partial charge in [0, 0.05) is 23.2 Å². The van der Waals surface area contributed by atoms with Crippen LogP contribution in [0.3, 0.4) is 0 Å². The van der Waals surface area contributed by atoms with Crippen LogP contribution >= 0.6 is 11.6 Å². The first kappa shape index (κ1) is 14.6. The summed E-state index contributed by atoms with van der Waals surface area (Å²) in [5.74, 6) is 0.645. The van der Waals surface area contributed by atoms with E-state index >= 15 is 0 Å². The number of morpholine rings is 1. The lowest BCUT2D eigenvalue weighted by atomic mass is 9.88. The Morgan fingerprint density at radius 1 is 1.58 bits per heavy atom. The molecule has 1 heterocycles. The maximum absolute atomic E-state index is 10.7. The number of aliphatic hydroxyl groups is 1. The Morgan fingerprint density at radius 3 is 3.00 bits per heavy atom. The van der Waals surface area contributed by atoms with Crippen LogP contribution in [0.15, 0.2) is 18.2 Å². The molecule has 5 heteroatoms. The predicted octanol–water partition coefficient (Wildman–Crippen LogP) is 1.93. The van der Waals surface area contributed by atoms with Crippen LogP contribution in [0, 0.1) is 0 Å². The van der Waals surface area contributed by atoms with Crippen LogP contribution in [0.1, 0.15) is 18.9 Å². The van der Waals surface area contributed by atoms with Crippen molar-refractivity contribution in [2.45, 2.75) is 25.0 Å². The normalized spacial score (nSPS) is 22.8. The summed E-state index contributed by atoms with van der Waals surface area (Å²) in [7, 11) is 1.59. The van der Waals surface area contributed by atoms with Gasteiger partial charge in [0.1, 0.15) is 5.75 Å². The molecule has 0 spiro atoms. The Labute approximate surface area is 118 Å². The summed E-state index contributed by atoms with van der Waals surface area (Å²) in [6.07, 6.45) is 0.545. The van der Waals surface area contributed by atoms with Gasteiger partial charge in [0.25, 0.3) is 0 Å². The van der Waals surface area contributed by atoms with Crippen LogP contribution in [0.5, 0.6) is 5.75 Å². The molecule has 1 aromatic rings. The van der Waals surface area contributed by atoms with Crippen molar-refractivity contribution in [3.05, 3.63) is 28.8 Å². The Hall–Kier alpha value is -0.810. The van der Waals surface area contributed by atoms with Crippen molar-refractivity contribution in [3.63, 3.8) is 0 Å². The van der Waals surface area contributed by atoms with E-state index in [0.717, 1.165) is 13.2 Å². The van der Waals surface area contributed by atoms with Gasteiger partial charge < -0.3 is 19.9 Å². The van der Waals surface area contributed by atoms with Gasteiger partial charge in [-0.15, -0.1) is 0 Å². The number of ether oxygens (including phenoxy) is 2. The smallest absolute Gasteiger partial charge is 0.125 e. The van der Waals surface area contributed by atoms with Gasteiger partial charge in [-0.3, -0.25) is 0 Å². The second-order valence-electron chi connectivity index (χ2n) is 5.05. The molecule has 2 unspecified atom stereocenters. The molecule has 1 aliphatic heterocycles. The number of nitrogens with one attached hydrogen (secondary N) is 1. The first-order valence-electron chi connectivity index (χ1n) is 6.40. The summed E-state index contributed by atoms with van der Waals surface area (Å²) >= 11 is 6.02.